The van der Waals surface area contributed by atoms with Gasteiger partial charge in [0.1, 0.15) is 0 Å². The van der Waals surface area contributed by atoms with Gasteiger partial charge < -0.3 is 19.9 Å². The van der Waals surface area contributed by atoms with E-state index >= 15 is 0 Å². The van der Waals surface area contributed by atoms with Crippen LogP contribution in [0.2, 0.25) is 0 Å². The third-order valence-corrected chi connectivity index (χ3v) is 3.49. The zero-order valence-corrected chi connectivity index (χ0v) is 13.4. The Kier molecular flexibility index (Phi) is 9.56. The lowest BCUT2D eigenvalue weighted by Crippen LogP contribution is -2.55. The Balaban J connectivity index is 4.83. The fourth-order valence-corrected chi connectivity index (χ4v) is 2.19. The highest BCUT2D eigenvalue weighted by atomic mass is 16.7. The molecule has 1 unspecified atom stereocenters. The Morgan fingerprint density at radius 3 is 2.11 bits per heavy atom. The number of rotatable bonds is 11. The number of ether oxygens (including phenoxy) is 3. The highest BCUT2D eigenvalue weighted by Gasteiger charge is 2.33. The van der Waals surface area contributed by atoms with Crippen molar-refractivity contribution in [1.29, 1.82) is 0 Å². The first-order chi connectivity index (χ1) is 8.93. The van der Waals surface area contributed by atoms with E-state index in [0.717, 1.165) is 19.5 Å². The average Bonchev–Trinajstić information content (AvgIpc) is 2.40. The van der Waals surface area contributed by atoms with Crippen molar-refractivity contribution < 1.29 is 14.2 Å². The van der Waals surface area contributed by atoms with Gasteiger partial charge in [-0.25, -0.2) is 0 Å². The molecule has 0 fully saturated rings. The third kappa shape index (κ3) is 6.68. The molecule has 0 heterocycles. The van der Waals surface area contributed by atoms with E-state index in [1.807, 2.05) is 0 Å². The van der Waals surface area contributed by atoms with E-state index < -0.39 is 0 Å². The van der Waals surface area contributed by atoms with Gasteiger partial charge >= 0.3 is 0 Å². The summed E-state index contributed by atoms with van der Waals surface area (Å²) in [6.07, 6.45) is 0.512. The fourth-order valence-electron chi connectivity index (χ4n) is 2.19. The summed E-state index contributed by atoms with van der Waals surface area (Å²) < 4.78 is 15.8. The first kappa shape index (κ1) is 18.8. The summed E-state index contributed by atoms with van der Waals surface area (Å²) >= 11 is 0. The second-order valence-electron chi connectivity index (χ2n) is 5.64. The predicted octanol–water partition coefficient (Wildman–Crippen LogP) is 1.32. The summed E-state index contributed by atoms with van der Waals surface area (Å²) in [5.74, 6) is 0.575. The van der Waals surface area contributed by atoms with Gasteiger partial charge in [-0.3, -0.25) is 4.90 Å². The highest BCUT2D eigenvalue weighted by Crippen LogP contribution is 2.23. The number of methoxy groups -OCH3 is 3. The molecule has 19 heavy (non-hydrogen) atoms. The molecule has 0 aromatic heterocycles. The smallest absolute Gasteiger partial charge is 0.158 e. The van der Waals surface area contributed by atoms with Crippen molar-refractivity contribution >= 4 is 0 Å². The van der Waals surface area contributed by atoms with E-state index in [0.29, 0.717) is 19.1 Å². The van der Waals surface area contributed by atoms with Gasteiger partial charge in [0.15, 0.2) is 6.29 Å². The molecule has 2 N–H and O–H groups in total. The first-order valence-corrected chi connectivity index (χ1v) is 6.93. The maximum absolute atomic E-state index is 6.02. The quantitative estimate of drug-likeness (QED) is 0.577. The second-order valence-corrected chi connectivity index (χ2v) is 5.64. The molecule has 116 valence electrons. The van der Waals surface area contributed by atoms with Gasteiger partial charge in [-0.2, -0.15) is 0 Å². The zero-order valence-electron chi connectivity index (χ0n) is 13.4. The van der Waals surface area contributed by atoms with Crippen LogP contribution in [0.5, 0.6) is 0 Å². The molecule has 0 saturated carbocycles. The van der Waals surface area contributed by atoms with Gasteiger partial charge in [0.25, 0.3) is 0 Å². The largest absolute Gasteiger partial charge is 0.383 e. The molecule has 5 nitrogen and oxygen atoms in total. The monoisotopic (exact) mass is 276 g/mol. The molecule has 0 aliphatic rings. The lowest BCUT2D eigenvalue weighted by molar-refractivity contribution is -0.130. The fraction of sp³-hybridized carbons (Fsp3) is 1.00. The van der Waals surface area contributed by atoms with Crippen LogP contribution in [0.15, 0.2) is 0 Å². The maximum Gasteiger partial charge on any atom is 0.158 e. The molecule has 0 bridgehead atoms. The minimum Gasteiger partial charge on any atom is -0.383 e. The molecule has 0 aromatic rings. The van der Waals surface area contributed by atoms with Gasteiger partial charge in [0.05, 0.1) is 6.61 Å². The van der Waals surface area contributed by atoms with Gasteiger partial charge in [-0.15, -0.1) is 0 Å². The SMILES string of the molecule is COCCN(CC(C)C)C(C)(CN)CC(OC)OC. The number of hydrogen-bond acceptors (Lipinski definition) is 5. The maximum atomic E-state index is 6.02. The molecule has 1 atom stereocenters. The van der Waals surface area contributed by atoms with Crippen LogP contribution in [-0.4, -0.2) is 64.3 Å². The third-order valence-electron chi connectivity index (χ3n) is 3.49. The summed E-state index contributed by atoms with van der Waals surface area (Å²) in [5.41, 5.74) is 5.87. The summed E-state index contributed by atoms with van der Waals surface area (Å²) in [4.78, 5) is 2.38. The molecule has 0 aliphatic heterocycles. The van der Waals surface area contributed by atoms with Crippen LogP contribution >= 0.6 is 0 Å². The number of nitrogens with two attached hydrogens (primary N) is 1. The summed E-state index contributed by atoms with van der Waals surface area (Å²) in [6.45, 7) is 9.69. The summed E-state index contributed by atoms with van der Waals surface area (Å²) in [7, 11) is 5.04. The highest BCUT2D eigenvalue weighted by molar-refractivity contribution is 4.89. The average molecular weight is 276 g/mol. The first-order valence-electron chi connectivity index (χ1n) is 6.93. The molecular weight excluding hydrogens is 244 g/mol. The van der Waals surface area contributed by atoms with Crippen molar-refractivity contribution in [2.24, 2.45) is 11.7 Å². The van der Waals surface area contributed by atoms with Crippen LogP contribution in [-0.2, 0) is 14.2 Å². The molecule has 0 rings (SSSR count). The Morgan fingerprint density at radius 1 is 1.16 bits per heavy atom. The molecule has 0 amide bonds. The van der Waals surface area contributed by atoms with Crippen LogP contribution in [0.4, 0.5) is 0 Å². The van der Waals surface area contributed by atoms with Crippen molar-refractivity contribution in [2.75, 3.05) is 47.6 Å². The minimum atomic E-state index is -0.231. The Bertz CT molecular complexity index is 223. The van der Waals surface area contributed by atoms with Crippen LogP contribution in [0.1, 0.15) is 27.2 Å². The molecular formula is C14H32N2O3. The number of nitrogens with zero attached hydrogens (tertiary/aromatic N) is 1. The standard InChI is InChI=1S/C14H32N2O3/c1-12(2)10-16(7-8-17-4)14(3,11-15)9-13(18-5)19-6/h12-13H,7-11,15H2,1-6H3. The van der Waals surface area contributed by atoms with E-state index in [4.69, 9.17) is 19.9 Å². The number of hydrogen-bond donors (Lipinski definition) is 1. The normalized spacial score (nSPS) is 15.5. The predicted molar refractivity (Wildman–Crippen MR) is 78.2 cm³/mol. The van der Waals surface area contributed by atoms with E-state index in [9.17, 15) is 0 Å². The van der Waals surface area contributed by atoms with Crippen LogP contribution in [0.25, 0.3) is 0 Å². The zero-order chi connectivity index (χ0) is 14.9. The summed E-state index contributed by atoms with van der Waals surface area (Å²) in [6, 6.07) is 0. The van der Waals surface area contributed by atoms with Crippen molar-refractivity contribution in [3.8, 4) is 0 Å². The van der Waals surface area contributed by atoms with E-state index in [-0.39, 0.29) is 11.8 Å². The topological polar surface area (TPSA) is 57.0 Å². The Hall–Kier alpha value is -0.200. The Morgan fingerprint density at radius 2 is 1.74 bits per heavy atom. The molecule has 0 spiro atoms. The van der Waals surface area contributed by atoms with Gasteiger partial charge in [-0.05, 0) is 12.8 Å². The minimum absolute atomic E-state index is 0.153. The van der Waals surface area contributed by atoms with E-state index in [1.54, 1.807) is 21.3 Å². The lowest BCUT2D eigenvalue weighted by atomic mass is 9.93. The van der Waals surface area contributed by atoms with Crippen molar-refractivity contribution in [3.63, 3.8) is 0 Å². The molecule has 0 aliphatic carbocycles. The molecule has 5 heteroatoms. The van der Waals surface area contributed by atoms with Crippen LogP contribution in [0, 0.1) is 5.92 Å². The van der Waals surface area contributed by atoms with Crippen molar-refractivity contribution in [1.82, 2.24) is 4.90 Å². The van der Waals surface area contributed by atoms with Crippen molar-refractivity contribution in [2.45, 2.75) is 39.0 Å². The van der Waals surface area contributed by atoms with Gasteiger partial charge in [-0.1, -0.05) is 13.8 Å². The molecule has 0 aromatic carbocycles. The van der Waals surface area contributed by atoms with Gasteiger partial charge in [0, 0.05) is 52.9 Å². The molecule has 0 saturated heterocycles. The second kappa shape index (κ2) is 9.66. The van der Waals surface area contributed by atoms with E-state index in [2.05, 4.69) is 25.7 Å². The molecule has 0 radical (unpaired) electrons. The van der Waals surface area contributed by atoms with Crippen molar-refractivity contribution in [3.05, 3.63) is 0 Å². The summed E-state index contributed by atoms with van der Waals surface area (Å²) in [5, 5.41) is 0. The van der Waals surface area contributed by atoms with Gasteiger partial charge in [0.2, 0.25) is 0 Å². The lowest BCUT2D eigenvalue weighted by Gasteiger charge is -2.43. The Labute approximate surface area is 118 Å². The van der Waals surface area contributed by atoms with Crippen LogP contribution in [0.3, 0.4) is 0 Å². The van der Waals surface area contributed by atoms with Crippen LogP contribution < -0.4 is 5.73 Å². The van der Waals surface area contributed by atoms with E-state index in [1.165, 1.54) is 0 Å².